The van der Waals surface area contributed by atoms with Crippen LogP contribution in [0.3, 0.4) is 0 Å². The van der Waals surface area contributed by atoms with Gasteiger partial charge in [0.2, 0.25) is 0 Å². The first kappa shape index (κ1) is 12.1. The van der Waals surface area contributed by atoms with Gasteiger partial charge in [-0.25, -0.2) is 4.99 Å². The molecule has 3 heteroatoms. The van der Waals surface area contributed by atoms with Crippen molar-refractivity contribution in [1.82, 2.24) is 5.32 Å². The van der Waals surface area contributed by atoms with E-state index in [0.717, 1.165) is 11.8 Å². The maximum absolute atomic E-state index is 5.97. The molecule has 0 spiro atoms. The van der Waals surface area contributed by atoms with E-state index in [1.807, 2.05) is 0 Å². The second kappa shape index (κ2) is 4.60. The highest BCUT2D eigenvalue weighted by Crippen LogP contribution is 2.49. The molecule has 100 valence electrons. The third-order valence-corrected chi connectivity index (χ3v) is 5.08. The summed E-state index contributed by atoms with van der Waals surface area (Å²) in [5.74, 6) is 2.97. The van der Waals surface area contributed by atoms with Crippen LogP contribution in [0.1, 0.15) is 52.4 Å². The Labute approximate surface area is 110 Å². The van der Waals surface area contributed by atoms with Crippen LogP contribution in [0.2, 0.25) is 0 Å². The fourth-order valence-corrected chi connectivity index (χ4v) is 4.43. The molecule has 0 radical (unpaired) electrons. The first-order valence-electron chi connectivity index (χ1n) is 7.58. The highest BCUT2D eigenvalue weighted by Gasteiger charge is 2.43. The molecule has 0 aromatic rings. The van der Waals surface area contributed by atoms with Crippen molar-refractivity contribution in [3.63, 3.8) is 0 Å². The van der Waals surface area contributed by atoms with Crippen molar-refractivity contribution < 1.29 is 0 Å². The molecule has 1 heterocycles. The Balaban J connectivity index is 1.95. The zero-order chi connectivity index (χ0) is 12.7. The summed E-state index contributed by atoms with van der Waals surface area (Å²) in [5.41, 5.74) is 9.04. The van der Waals surface area contributed by atoms with Gasteiger partial charge < -0.3 is 11.1 Å². The molecular formula is C15H25N3. The Morgan fingerprint density at radius 2 is 2.17 bits per heavy atom. The number of nitrogens with one attached hydrogen (secondary N) is 1. The Hall–Kier alpha value is -0.990. The van der Waals surface area contributed by atoms with Crippen molar-refractivity contribution in [2.75, 3.05) is 0 Å². The van der Waals surface area contributed by atoms with Crippen LogP contribution in [-0.2, 0) is 0 Å². The largest absolute Gasteiger partial charge is 0.370 e. The standard InChI is InChI=1S/C15H25N3/c1-3-5-9-8-10-6-7-12-13(10)14(11(9)4-2)18-15(16)17-12/h9-12H,3-8H2,1-2H3,(H3,16,17,18)/t9-,10+,11+,12+/m1/s1. The molecule has 4 atom stereocenters. The lowest BCUT2D eigenvalue weighted by atomic mass is 9.70. The fourth-order valence-electron chi connectivity index (χ4n) is 4.43. The molecule has 0 bridgehead atoms. The van der Waals surface area contributed by atoms with Crippen LogP contribution in [0.15, 0.2) is 16.3 Å². The average molecular weight is 247 g/mol. The summed E-state index contributed by atoms with van der Waals surface area (Å²) < 4.78 is 0. The van der Waals surface area contributed by atoms with Crippen LogP contribution < -0.4 is 11.1 Å². The van der Waals surface area contributed by atoms with Gasteiger partial charge in [0.05, 0.1) is 6.04 Å². The summed E-state index contributed by atoms with van der Waals surface area (Å²) in [6.07, 6.45) is 7.79. The topological polar surface area (TPSA) is 50.4 Å². The number of rotatable bonds is 3. The van der Waals surface area contributed by atoms with Crippen LogP contribution in [0.25, 0.3) is 0 Å². The van der Waals surface area contributed by atoms with Gasteiger partial charge in [-0.1, -0.05) is 26.7 Å². The second-order valence-corrected chi connectivity index (χ2v) is 6.10. The molecule has 0 aromatic heterocycles. The Morgan fingerprint density at radius 1 is 1.33 bits per heavy atom. The molecule has 1 fully saturated rings. The predicted molar refractivity (Wildman–Crippen MR) is 75.1 cm³/mol. The van der Waals surface area contributed by atoms with Crippen LogP contribution in [0.4, 0.5) is 0 Å². The molecule has 3 nitrogen and oxygen atoms in total. The highest BCUT2D eigenvalue weighted by molar-refractivity contribution is 5.82. The van der Waals surface area contributed by atoms with Gasteiger partial charge in [-0.05, 0) is 43.1 Å². The van der Waals surface area contributed by atoms with E-state index in [9.17, 15) is 0 Å². The third-order valence-electron chi connectivity index (χ3n) is 5.08. The van der Waals surface area contributed by atoms with E-state index in [1.165, 1.54) is 44.2 Å². The molecular weight excluding hydrogens is 222 g/mol. The van der Waals surface area contributed by atoms with Gasteiger partial charge in [0, 0.05) is 11.6 Å². The van der Waals surface area contributed by atoms with E-state index in [-0.39, 0.29) is 0 Å². The summed E-state index contributed by atoms with van der Waals surface area (Å²) >= 11 is 0. The van der Waals surface area contributed by atoms with Crippen molar-refractivity contribution in [2.24, 2.45) is 28.5 Å². The number of hydrogen-bond donors (Lipinski definition) is 2. The number of aliphatic imine (C=N–C) groups is 1. The molecule has 3 aliphatic rings. The second-order valence-electron chi connectivity index (χ2n) is 6.10. The highest BCUT2D eigenvalue weighted by atomic mass is 15.1. The van der Waals surface area contributed by atoms with Crippen molar-refractivity contribution in [3.8, 4) is 0 Å². The van der Waals surface area contributed by atoms with E-state index in [1.54, 1.807) is 5.57 Å². The molecule has 0 aromatic carbocycles. The van der Waals surface area contributed by atoms with E-state index in [4.69, 9.17) is 5.73 Å². The fraction of sp³-hybridized carbons (Fsp3) is 0.800. The van der Waals surface area contributed by atoms with E-state index < -0.39 is 0 Å². The molecule has 1 saturated carbocycles. The lowest BCUT2D eigenvalue weighted by molar-refractivity contribution is 0.255. The minimum absolute atomic E-state index is 0.405. The van der Waals surface area contributed by atoms with Gasteiger partial charge in [0.25, 0.3) is 0 Å². The minimum Gasteiger partial charge on any atom is -0.370 e. The quantitative estimate of drug-likeness (QED) is 0.805. The molecule has 18 heavy (non-hydrogen) atoms. The van der Waals surface area contributed by atoms with Crippen LogP contribution in [0, 0.1) is 17.8 Å². The number of hydrogen-bond acceptors (Lipinski definition) is 3. The molecule has 0 saturated heterocycles. The Bertz CT molecular complexity index is 397. The Morgan fingerprint density at radius 3 is 2.89 bits per heavy atom. The zero-order valence-electron chi connectivity index (χ0n) is 11.6. The van der Waals surface area contributed by atoms with Crippen LogP contribution >= 0.6 is 0 Å². The Kier molecular flexibility index (Phi) is 3.08. The van der Waals surface area contributed by atoms with Gasteiger partial charge >= 0.3 is 0 Å². The maximum atomic E-state index is 5.97. The maximum Gasteiger partial charge on any atom is 0.193 e. The monoisotopic (exact) mass is 247 g/mol. The summed E-state index contributed by atoms with van der Waals surface area (Å²) in [6.45, 7) is 4.62. The summed E-state index contributed by atoms with van der Waals surface area (Å²) in [4.78, 5) is 4.59. The summed E-state index contributed by atoms with van der Waals surface area (Å²) in [6, 6.07) is 0.405. The normalized spacial score (nSPS) is 38.2. The molecule has 0 unspecified atom stereocenters. The van der Waals surface area contributed by atoms with Gasteiger partial charge in [-0.2, -0.15) is 0 Å². The molecule has 0 amide bonds. The van der Waals surface area contributed by atoms with E-state index >= 15 is 0 Å². The molecule has 3 N–H and O–H groups in total. The van der Waals surface area contributed by atoms with Gasteiger partial charge in [0.15, 0.2) is 5.96 Å². The molecule has 2 aliphatic carbocycles. The number of nitrogens with zero attached hydrogens (tertiary/aromatic N) is 1. The summed E-state index contributed by atoms with van der Waals surface area (Å²) in [5, 5.41) is 3.42. The lowest BCUT2D eigenvalue weighted by Gasteiger charge is -2.40. The van der Waals surface area contributed by atoms with Crippen molar-refractivity contribution in [2.45, 2.75) is 58.4 Å². The SMILES string of the molecule is CCC[C@@H]1C[C@@H]2CC[C@@H]3N=C(N)NC(=C23)[C@H]1CC. The van der Waals surface area contributed by atoms with Gasteiger partial charge in [-0.3, -0.25) is 0 Å². The van der Waals surface area contributed by atoms with Gasteiger partial charge in [0.1, 0.15) is 0 Å². The zero-order valence-corrected chi connectivity index (χ0v) is 11.6. The first-order valence-corrected chi connectivity index (χ1v) is 7.58. The van der Waals surface area contributed by atoms with Gasteiger partial charge in [-0.15, -0.1) is 0 Å². The molecule has 1 aliphatic heterocycles. The van der Waals surface area contributed by atoms with Crippen molar-refractivity contribution in [3.05, 3.63) is 11.3 Å². The number of guanidine groups is 1. The van der Waals surface area contributed by atoms with Crippen LogP contribution in [-0.4, -0.2) is 12.0 Å². The first-order chi connectivity index (χ1) is 8.74. The minimum atomic E-state index is 0.405. The third kappa shape index (κ3) is 1.75. The van der Waals surface area contributed by atoms with E-state index in [2.05, 4.69) is 24.2 Å². The predicted octanol–water partition coefficient (Wildman–Crippen LogP) is 2.78. The average Bonchev–Trinajstić information content (AvgIpc) is 2.73. The number of nitrogens with two attached hydrogens (primary N) is 1. The number of allylic oxidation sites excluding steroid dienone is 1. The van der Waals surface area contributed by atoms with Crippen molar-refractivity contribution in [1.29, 1.82) is 0 Å². The van der Waals surface area contributed by atoms with Crippen LogP contribution in [0.5, 0.6) is 0 Å². The summed E-state index contributed by atoms with van der Waals surface area (Å²) in [7, 11) is 0. The van der Waals surface area contributed by atoms with Crippen molar-refractivity contribution >= 4 is 5.96 Å². The lowest BCUT2D eigenvalue weighted by Crippen LogP contribution is -2.44. The van der Waals surface area contributed by atoms with E-state index in [0.29, 0.717) is 17.9 Å². The smallest absolute Gasteiger partial charge is 0.193 e. The molecule has 3 rings (SSSR count).